The highest BCUT2D eigenvalue weighted by molar-refractivity contribution is 5.65. The van der Waals surface area contributed by atoms with Gasteiger partial charge in [0.25, 0.3) is 0 Å². The normalized spacial score (nSPS) is 14.0. The number of nitrogens with one attached hydrogen (secondary N) is 1. The summed E-state index contributed by atoms with van der Waals surface area (Å²) in [6.45, 7) is 9.47. The molecule has 0 unspecified atom stereocenters. The van der Waals surface area contributed by atoms with E-state index in [0.717, 1.165) is 54.6 Å². The molecule has 34 heavy (non-hydrogen) atoms. The number of aromatic nitrogens is 2. The number of rotatable bonds is 5. The average molecular weight is 449 g/mol. The maximum absolute atomic E-state index is 5.03. The molecule has 172 valence electrons. The van der Waals surface area contributed by atoms with Crippen molar-refractivity contribution in [3.05, 3.63) is 107 Å². The SMILES string of the molecule is CC(C)(C)c1ccc(Nc2nc(-c3ccccc3)nc3c2CCN(Cc2ccccc2)C3)cc1. The van der Waals surface area contributed by atoms with Crippen molar-refractivity contribution < 1.29 is 0 Å². The van der Waals surface area contributed by atoms with Gasteiger partial charge in [0, 0.05) is 36.4 Å². The zero-order valence-corrected chi connectivity index (χ0v) is 20.3. The molecule has 4 heteroatoms. The van der Waals surface area contributed by atoms with Crippen LogP contribution in [0.2, 0.25) is 0 Å². The van der Waals surface area contributed by atoms with Crippen LogP contribution >= 0.6 is 0 Å². The molecular weight excluding hydrogens is 416 g/mol. The van der Waals surface area contributed by atoms with Crippen LogP contribution in [0.15, 0.2) is 84.9 Å². The molecule has 3 aromatic carbocycles. The maximum atomic E-state index is 5.03. The Morgan fingerprint density at radius 2 is 1.50 bits per heavy atom. The van der Waals surface area contributed by atoms with E-state index in [9.17, 15) is 0 Å². The molecule has 0 fully saturated rings. The number of hydrogen-bond acceptors (Lipinski definition) is 4. The summed E-state index contributed by atoms with van der Waals surface area (Å²) < 4.78 is 0. The second-order valence-corrected chi connectivity index (χ2v) is 10.1. The zero-order valence-electron chi connectivity index (χ0n) is 20.3. The summed E-state index contributed by atoms with van der Waals surface area (Å²) in [5, 5.41) is 3.62. The molecule has 1 aromatic heterocycles. The van der Waals surface area contributed by atoms with Crippen molar-refractivity contribution in [1.29, 1.82) is 0 Å². The molecule has 2 heterocycles. The van der Waals surface area contributed by atoms with Crippen LogP contribution in [-0.4, -0.2) is 21.4 Å². The summed E-state index contributed by atoms with van der Waals surface area (Å²) >= 11 is 0. The lowest BCUT2D eigenvalue weighted by Gasteiger charge is -2.29. The van der Waals surface area contributed by atoms with Gasteiger partial charge in [-0.2, -0.15) is 0 Å². The van der Waals surface area contributed by atoms with E-state index < -0.39 is 0 Å². The van der Waals surface area contributed by atoms with E-state index in [1.165, 1.54) is 16.7 Å². The summed E-state index contributed by atoms with van der Waals surface area (Å²) in [7, 11) is 0. The molecule has 0 amide bonds. The minimum absolute atomic E-state index is 0.134. The van der Waals surface area contributed by atoms with E-state index in [1.807, 2.05) is 18.2 Å². The standard InChI is InChI=1S/C30H32N4/c1-30(2,3)24-14-16-25(17-15-24)31-29-26-18-19-34(20-22-10-6-4-7-11-22)21-27(26)32-28(33-29)23-12-8-5-9-13-23/h4-17H,18-21H2,1-3H3,(H,31,32,33). The van der Waals surface area contributed by atoms with Crippen molar-refractivity contribution in [2.24, 2.45) is 0 Å². The van der Waals surface area contributed by atoms with Gasteiger partial charge in [0.1, 0.15) is 5.82 Å². The van der Waals surface area contributed by atoms with Crippen LogP contribution in [0.4, 0.5) is 11.5 Å². The first-order valence-corrected chi connectivity index (χ1v) is 12.0. The second-order valence-electron chi connectivity index (χ2n) is 10.1. The molecule has 4 nitrogen and oxygen atoms in total. The van der Waals surface area contributed by atoms with E-state index in [2.05, 4.69) is 97.7 Å². The quantitative estimate of drug-likeness (QED) is 0.367. The van der Waals surface area contributed by atoms with Crippen LogP contribution < -0.4 is 5.32 Å². The molecule has 0 saturated heterocycles. The molecule has 1 aliphatic heterocycles. The van der Waals surface area contributed by atoms with Crippen LogP contribution in [-0.2, 0) is 24.9 Å². The Bertz CT molecular complexity index is 1240. The Labute approximate surface area is 202 Å². The molecule has 5 rings (SSSR count). The lowest BCUT2D eigenvalue weighted by molar-refractivity contribution is 0.241. The van der Waals surface area contributed by atoms with Crippen molar-refractivity contribution in [2.75, 3.05) is 11.9 Å². The van der Waals surface area contributed by atoms with Gasteiger partial charge in [-0.1, -0.05) is 93.6 Å². The van der Waals surface area contributed by atoms with Crippen molar-refractivity contribution in [1.82, 2.24) is 14.9 Å². The first-order chi connectivity index (χ1) is 16.5. The smallest absolute Gasteiger partial charge is 0.161 e. The average Bonchev–Trinajstić information content (AvgIpc) is 2.85. The molecule has 4 aromatic rings. The summed E-state index contributed by atoms with van der Waals surface area (Å²) in [6, 6.07) is 29.7. The fourth-order valence-corrected chi connectivity index (χ4v) is 4.47. The van der Waals surface area contributed by atoms with Gasteiger partial charge < -0.3 is 5.32 Å². The van der Waals surface area contributed by atoms with E-state index >= 15 is 0 Å². The molecule has 0 spiro atoms. The van der Waals surface area contributed by atoms with Gasteiger partial charge in [-0.15, -0.1) is 0 Å². The Morgan fingerprint density at radius 3 is 2.18 bits per heavy atom. The number of benzene rings is 3. The Hall–Kier alpha value is -3.50. The number of nitrogens with zero attached hydrogens (tertiary/aromatic N) is 3. The molecule has 1 N–H and O–H groups in total. The van der Waals surface area contributed by atoms with Gasteiger partial charge in [0.05, 0.1) is 5.69 Å². The highest BCUT2D eigenvalue weighted by Gasteiger charge is 2.23. The van der Waals surface area contributed by atoms with Gasteiger partial charge in [-0.3, -0.25) is 4.90 Å². The van der Waals surface area contributed by atoms with Crippen LogP contribution in [0.5, 0.6) is 0 Å². The van der Waals surface area contributed by atoms with Gasteiger partial charge in [-0.25, -0.2) is 9.97 Å². The van der Waals surface area contributed by atoms with E-state index in [0.29, 0.717) is 0 Å². The predicted molar refractivity (Wildman–Crippen MR) is 140 cm³/mol. The lowest BCUT2D eigenvalue weighted by Crippen LogP contribution is -2.31. The highest BCUT2D eigenvalue weighted by Crippen LogP contribution is 2.31. The minimum atomic E-state index is 0.134. The summed E-state index contributed by atoms with van der Waals surface area (Å²) in [5.41, 5.74) is 7.23. The van der Waals surface area contributed by atoms with Crippen LogP contribution in [0.3, 0.4) is 0 Å². The Balaban J connectivity index is 1.47. The van der Waals surface area contributed by atoms with Gasteiger partial charge >= 0.3 is 0 Å². The van der Waals surface area contributed by atoms with Gasteiger partial charge in [0.2, 0.25) is 0 Å². The van der Waals surface area contributed by atoms with Crippen LogP contribution in [0.1, 0.15) is 43.2 Å². The van der Waals surface area contributed by atoms with E-state index in [4.69, 9.17) is 9.97 Å². The third-order valence-corrected chi connectivity index (χ3v) is 6.44. The minimum Gasteiger partial charge on any atom is -0.340 e. The van der Waals surface area contributed by atoms with Crippen LogP contribution in [0.25, 0.3) is 11.4 Å². The van der Waals surface area contributed by atoms with Crippen molar-refractivity contribution >= 4 is 11.5 Å². The number of fused-ring (bicyclic) bond motifs is 1. The number of hydrogen-bond donors (Lipinski definition) is 1. The first-order valence-electron chi connectivity index (χ1n) is 12.0. The molecule has 0 aliphatic carbocycles. The third kappa shape index (κ3) is 5.02. The topological polar surface area (TPSA) is 41.1 Å². The van der Waals surface area contributed by atoms with Crippen LogP contribution in [0, 0.1) is 0 Å². The monoisotopic (exact) mass is 448 g/mol. The molecule has 0 bridgehead atoms. The van der Waals surface area contributed by atoms with Gasteiger partial charge in [0.15, 0.2) is 5.82 Å². The molecule has 0 saturated carbocycles. The fourth-order valence-electron chi connectivity index (χ4n) is 4.47. The molecule has 1 aliphatic rings. The van der Waals surface area contributed by atoms with E-state index in [1.54, 1.807) is 0 Å². The highest BCUT2D eigenvalue weighted by atomic mass is 15.2. The summed E-state index contributed by atoms with van der Waals surface area (Å²) in [5.74, 6) is 1.70. The van der Waals surface area contributed by atoms with E-state index in [-0.39, 0.29) is 5.41 Å². The fraction of sp³-hybridized carbons (Fsp3) is 0.267. The molecular formula is C30H32N4. The second kappa shape index (κ2) is 9.40. The Morgan fingerprint density at radius 1 is 0.824 bits per heavy atom. The molecule has 0 atom stereocenters. The number of anilines is 2. The zero-order chi connectivity index (χ0) is 23.5. The third-order valence-electron chi connectivity index (χ3n) is 6.44. The van der Waals surface area contributed by atoms with Crippen molar-refractivity contribution in [3.63, 3.8) is 0 Å². The first kappa shape index (κ1) is 22.3. The predicted octanol–water partition coefficient (Wildman–Crippen LogP) is 6.74. The lowest BCUT2D eigenvalue weighted by atomic mass is 9.87. The summed E-state index contributed by atoms with van der Waals surface area (Å²) in [6.07, 6.45) is 0.930. The Kier molecular flexibility index (Phi) is 6.16. The molecule has 0 radical (unpaired) electrons. The van der Waals surface area contributed by atoms with Crippen molar-refractivity contribution in [2.45, 2.75) is 45.7 Å². The van der Waals surface area contributed by atoms with Crippen molar-refractivity contribution in [3.8, 4) is 11.4 Å². The summed E-state index contributed by atoms with van der Waals surface area (Å²) in [4.78, 5) is 12.5. The van der Waals surface area contributed by atoms with Gasteiger partial charge in [-0.05, 0) is 35.1 Å². The largest absolute Gasteiger partial charge is 0.340 e. The maximum Gasteiger partial charge on any atom is 0.161 e.